The van der Waals surface area contributed by atoms with E-state index in [1.807, 2.05) is 6.07 Å². The fourth-order valence-electron chi connectivity index (χ4n) is 2.88. The molecule has 1 fully saturated rings. The Kier molecular flexibility index (Phi) is 5.11. The normalized spacial score (nSPS) is 26.0. The molecule has 0 saturated heterocycles. The van der Waals surface area contributed by atoms with E-state index in [0.29, 0.717) is 12.1 Å². The van der Waals surface area contributed by atoms with E-state index in [4.69, 9.17) is 11.6 Å². The summed E-state index contributed by atoms with van der Waals surface area (Å²) in [5, 5.41) is 4.57. The summed E-state index contributed by atoms with van der Waals surface area (Å²) in [6, 6.07) is 7.10. The van der Waals surface area contributed by atoms with Crippen LogP contribution < -0.4 is 5.32 Å². The largest absolute Gasteiger partial charge is 0.307 e. The average Bonchev–Trinajstić information content (AvgIpc) is 2.28. The molecule has 18 heavy (non-hydrogen) atoms. The van der Waals surface area contributed by atoms with Crippen molar-refractivity contribution in [3.63, 3.8) is 0 Å². The van der Waals surface area contributed by atoms with Gasteiger partial charge in [0.25, 0.3) is 0 Å². The number of hydrogen-bond donors (Lipinski definition) is 1. The highest BCUT2D eigenvalue weighted by atomic mass is 79.9. The van der Waals surface area contributed by atoms with Crippen molar-refractivity contribution in [3.8, 4) is 0 Å². The molecule has 1 aromatic rings. The molecule has 0 amide bonds. The highest BCUT2D eigenvalue weighted by Crippen LogP contribution is 2.29. The van der Waals surface area contributed by atoms with Crippen LogP contribution in [0.3, 0.4) is 0 Å². The van der Waals surface area contributed by atoms with Gasteiger partial charge in [0.1, 0.15) is 0 Å². The van der Waals surface area contributed by atoms with E-state index < -0.39 is 0 Å². The second kappa shape index (κ2) is 6.40. The van der Waals surface area contributed by atoms with Crippen molar-refractivity contribution in [2.75, 3.05) is 0 Å². The summed E-state index contributed by atoms with van der Waals surface area (Å²) < 4.78 is 1.04. The predicted molar refractivity (Wildman–Crippen MR) is 82.1 cm³/mol. The van der Waals surface area contributed by atoms with Crippen molar-refractivity contribution in [3.05, 3.63) is 33.3 Å². The Morgan fingerprint density at radius 2 is 2.17 bits per heavy atom. The van der Waals surface area contributed by atoms with Crippen LogP contribution in [0, 0.1) is 5.92 Å². The number of rotatable bonds is 3. The summed E-state index contributed by atoms with van der Waals surface area (Å²) in [4.78, 5) is 0. The Morgan fingerprint density at radius 1 is 1.39 bits per heavy atom. The first-order valence-electron chi connectivity index (χ1n) is 6.77. The van der Waals surface area contributed by atoms with Gasteiger partial charge in [-0.05, 0) is 43.4 Å². The summed E-state index contributed by atoms with van der Waals surface area (Å²) in [5.41, 5.74) is 1.19. The molecule has 1 N–H and O–H groups in total. The third-order valence-corrected chi connectivity index (χ3v) is 4.67. The maximum absolute atomic E-state index is 6.30. The highest BCUT2D eigenvalue weighted by molar-refractivity contribution is 9.10. The second-order valence-electron chi connectivity index (χ2n) is 5.52. The smallest absolute Gasteiger partial charge is 0.0464 e. The molecule has 0 radical (unpaired) electrons. The van der Waals surface area contributed by atoms with Gasteiger partial charge in [0.2, 0.25) is 0 Å². The lowest BCUT2D eigenvalue weighted by Crippen LogP contribution is -2.35. The Hall–Kier alpha value is -0.0500. The Balaban J connectivity index is 2.00. The lowest BCUT2D eigenvalue weighted by Gasteiger charge is -2.30. The molecule has 3 unspecified atom stereocenters. The summed E-state index contributed by atoms with van der Waals surface area (Å²) in [6.45, 7) is 4.56. The van der Waals surface area contributed by atoms with Crippen molar-refractivity contribution in [1.82, 2.24) is 5.32 Å². The molecule has 3 atom stereocenters. The van der Waals surface area contributed by atoms with Crippen LogP contribution in [-0.2, 0) is 0 Å². The van der Waals surface area contributed by atoms with Gasteiger partial charge in [-0.2, -0.15) is 0 Å². The van der Waals surface area contributed by atoms with Gasteiger partial charge in [-0.1, -0.05) is 53.4 Å². The van der Waals surface area contributed by atoms with Gasteiger partial charge in [-0.3, -0.25) is 0 Å². The first-order valence-corrected chi connectivity index (χ1v) is 7.94. The van der Waals surface area contributed by atoms with Gasteiger partial charge >= 0.3 is 0 Å². The molecule has 1 nitrogen and oxygen atoms in total. The molecule has 0 aliphatic heterocycles. The van der Waals surface area contributed by atoms with E-state index in [2.05, 4.69) is 47.2 Å². The molecule has 2 rings (SSSR count). The number of benzene rings is 1. The predicted octanol–water partition coefficient (Wildman–Crippen LogP) is 5.33. The Bertz CT molecular complexity index is 407. The zero-order valence-electron chi connectivity index (χ0n) is 11.0. The van der Waals surface area contributed by atoms with Crippen molar-refractivity contribution in [1.29, 1.82) is 0 Å². The monoisotopic (exact) mass is 329 g/mol. The summed E-state index contributed by atoms with van der Waals surface area (Å²) in [6.07, 6.45) is 5.31. The van der Waals surface area contributed by atoms with Gasteiger partial charge in [-0.25, -0.2) is 0 Å². The molecule has 0 aromatic heterocycles. The van der Waals surface area contributed by atoms with Crippen LogP contribution in [0.5, 0.6) is 0 Å². The molecular formula is C15H21BrClN. The van der Waals surface area contributed by atoms with E-state index in [1.165, 1.54) is 31.2 Å². The van der Waals surface area contributed by atoms with E-state index in [1.54, 1.807) is 0 Å². The lowest BCUT2D eigenvalue weighted by molar-refractivity contribution is 0.285. The van der Waals surface area contributed by atoms with Crippen LogP contribution in [0.4, 0.5) is 0 Å². The molecule has 1 saturated carbocycles. The van der Waals surface area contributed by atoms with E-state index >= 15 is 0 Å². The molecule has 100 valence electrons. The van der Waals surface area contributed by atoms with Gasteiger partial charge in [-0.15, -0.1) is 0 Å². The SMILES string of the molecule is CC1CCCC(NC(C)c2ccc(Br)cc2Cl)C1. The minimum Gasteiger partial charge on any atom is -0.307 e. The number of hydrogen-bond acceptors (Lipinski definition) is 1. The van der Waals surface area contributed by atoms with Crippen LogP contribution in [0.25, 0.3) is 0 Å². The molecule has 0 bridgehead atoms. The quantitative estimate of drug-likeness (QED) is 0.789. The lowest BCUT2D eigenvalue weighted by atomic mass is 9.86. The zero-order chi connectivity index (χ0) is 13.1. The zero-order valence-corrected chi connectivity index (χ0v) is 13.4. The van der Waals surface area contributed by atoms with Crippen LogP contribution in [0.1, 0.15) is 51.1 Å². The van der Waals surface area contributed by atoms with Crippen molar-refractivity contribution >= 4 is 27.5 Å². The third-order valence-electron chi connectivity index (χ3n) is 3.85. The Morgan fingerprint density at radius 3 is 2.83 bits per heavy atom. The third kappa shape index (κ3) is 3.72. The van der Waals surface area contributed by atoms with Crippen LogP contribution in [-0.4, -0.2) is 6.04 Å². The van der Waals surface area contributed by atoms with Crippen molar-refractivity contribution < 1.29 is 0 Å². The summed E-state index contributed by atoms with van der Waals surface area (Å²) in [5.74, 6) is 0.851. The van der Waals surface area contributed by atoms with Crippen LogP contribution in [0.2, 0.25) is 5.02 Å². The van der Waals surface area contributed by atoms with Gasteiger partial charge < -0.3 is 5.32 Å². The molecule has 1 aliphatic carbocycles. The van der Waals surface area contributed by atoms with Gasteiger partial charge in [0.05, 0.1) is 0 Å². The summed E-state index contributed by atoms with van der Waals surface area (Å²) >= 11 is 9.75. The molecule has 3 heteroatoms. The van der Waals surface area contributed by atoms with Crippen LogP contribution >= 0.6 is 27.5 Å². The standard InChI is InChI=1S/C15H21BrClN/c1-10-4-3-5-13(8-10)18-11(2)14-7-6-12(16)9-15(14)17/h6-7,9-11,13,18H,3-5,8H2,1-2H3. The topological polar surface area (TPSA) is 12.0 Å². The molecule has 0 heterocycles. The van der Waals surface area contributed by atoms with Crippen molar-refractivity contribution in [2.24, 2.45) is 5.92 Å². The van der Waals surface area contributed by atoms with E-state index in [0.717, 1.165) is 15.4 Å². The molecule has 1 aromatic carbocycles. The molecule has 0 spiro atoms. The maximum atomic E-state index is 6.30. The first kappa shape index (κ1) is 14.4. The second-order valence-corrected chi connectivity index (χ2v) is 6.85. The minimum absolute atomic E-state index is 0.320. The number of halogens is 2. The van der Waals surface area contributed by atoms with Crippen LogP contribution in [0.15, 0.2) is 22.7 Å². The minimum atomic E-state index is 0.320. The molecule has 1 aliphatic rings. The molecular weight excluding hydrogens is 310 g/mol. The Labute approximate surface area is 123 Å². The maximum Gasteiger partial charge on any atom is 0.0464 e. The number of nitrogens with one attached hydrogen (secondary N) is 1. The van der Waals surface area contributed by atoms with E-state index in [-0.39, 0.29) is 0 Å². The van der Waals surface area contributed by atoms with Gasteiger partial charge in [0, 0.05) is 21.6 Å². The fourth-order valence-corrected chi connectivity index (χ4v) is 3.72. The first-order chi connectivity index (χ1) is 8.56. The van der Waals surface area contributed by atoms with E-state index in [9.17, 15) is 0 Å². The van der Waals surface area contributed by atoms with Crippen molar-refractivity contribution in [2.45, 2.75) is 51.6 Å². The summed E-state index contributed by atoms with van der Waals surface area (Å²) in [7, 11) is 0. The average molecular weight is 331 g/mol. The highest BCUT2D eigenvalue weighted by Gasteiger charge is 2.21. The fraction of sp³-hybridized carbons (Fsp3) is 0.600. The van der Waals surface area contributed by atoms with Gasteiger partial charge in [0.15, 0.2) is 0 Å².